The van der Waals surface area contributed by atoms with Gasteiger partial charge in [-0.3, -0.25) is 0 Å². The molecule has 1 N–H and O–H groups in total. The predicted molar refractivity (Wildman–Crippen MR) is 142 cm³/mol. The van der Waals surface area contributed by atoms with E-state index >= 15 is 0 Å². The maximum Gasteiger partial charge on any atom is 0.146 e. The molecule has 1 aliphatic rings. The van der Waals surface area contributed by atoms with Gasteiger partial charge in [0, 0.05) is 34.4 Å². The number of para-hydroxylation sites is 2. The van der Waals surface area contributed by atoms with Crippen LogP contribution in [0.2, 0.25) is 0 Å². The zero-order chi connectivity index (χ0) is 22.6. The normalized spacial score (nSPS) is 13.6. The number of benzene rings is 6. The summed E-state index contributed by atoms with van der Waals surface area (Å²) in [6.07, 6.45) is 2.28. The lowest BCUT2D eigenvalue weighted by Crippen LogP contribution is -2.24. The van der Waals surface area contributed by atoms with E-state index in [1.165, 1.54) is 49.9 Å². The minimum atomic E-state index is -0.251. The molecular formula is C31H23FN2. The summed E-state index contributed by atoms with van der Waals surface area (Å²) >= 11 is 0. The van der Waals surface area contributed by atoms with Crippen molar-refractivity contribution in [1.82, 2.24) is 0 Å². The third-order valence-corrected chi connectivity index (χ3v) is 7.19. The van der Waals surface area contributed by atoms with Crippen LogP contribution in [0.1, 0.15) is 12.0 Å². The quantitative estimate of drug-likeness (QED) is 0.276. The molecule has 0 amide bonds. The monoisotopic (exact) mass is 442 g/mol. The maximum atomic E-state index is 14.4. The molecule has 164 valence electrons. The summed E-state index contributed by atoms with van der Waals surface area (Å²) in [5, 5.41) is 10.6. The van der Waals surface area contributed by atoms with Gasteiger partial charge in [-0.25, -0.2) is 4.39 Å². The van der Waals surface area contributed by atoms with Gasteiger partial charge in [0.25, 0.3) is 0 Å². The zero-order valence-corrected chi connectivity index (χ0v) is 18.7. The number of hydrogen-bond acceptors (Lipinski definition) is 2. The average molecular weight is 443 g/mol. The Hall–Kier alpha value is -4.11. The first-order valence-electron chi connectivity index (χ1n) is 11.9. The van der Waals surface area contributed by atoms with Gasteiger partial charge < -0.3 is 10.2 Å². The molecule has 7 rings (SSSR count). The van der Waals surface area contributed by atoms with Crippen LogP contribution >= 0.6 is 0 Å². The molecule has 0 atom stereocenters. The summed E-state index contributed by atoms with van der Waals surface area (Å²) in [6.45, 7) is 1.01. The largest absolute Gasteiger partial charge is 0.353 e. The van der Waals surface area contributed by atoms with Crippen molar-refractivity contribution in [2.24, 2.45) is 0 Å². The smallest absolute Gasteiger partial charge is 0.146 e. The molecule has 0 saturated heterocycles. The van der Waals surface area contributed by atoms with Crippen LogP contribution < -0.4 is 10.2 Å². The fourth-order valence-electron chi connectivity index (χ4n) is 5.62. The molecule has 0 spiro atoms. The lowest BCUT2D eigenvalue weighted by molar-refractivity contribution is 0.632. The van der Waals surface area contributed by atoms with Gasteiger partial charge in [-0.15, -0.1) is 0 Å². The Balaban J connectivity index is 1.47. The van der Waals surface area contributed by atoms with Crippen LogP contribution in [0.25, 0.3) is 32.3 Å². The van der Waals surface area contributed by atoms with Gasteiger partial charge in [-0.2, -0.15) is 0 Å². The van der Waals surface area contributed by atoms with Gasteiger partial charge in [0.2, 0.25) is 0 Å². The molecule has 0 aromatic heterocycles. The van der Waals surface area contributed by atoms with Crippen LogP contribution in [-0.4, -0.2) is 6.54 Å². The van der Waals surface area contributed by atoms with Crippen molar-refractivity contribution in [2.75, 3.05) is 16.8 Å². The predicted octanol–water partition coefficient (Wildman–Crippen LogP) is 8.55. The number of anilines is 4. The minimum absolute atomic E-state index is 0.251. The van der Waals surface area contributed by atoms with Gasteiger partial charge in [-0.05, 0) is 70.3 Å². The third kappa shape index (κ3) is 2.87. The average Bonchev–Trinajstić information content (AvgIpc) is 2.89. The second-order valence-electron chi connectivity index (χ2n) is 9.11. The molecule has 6 aromatic rings. The molecule has 0 aliphatic carbocycles. The highest BCUT2D eigenvalue weighted by Gasteiger charge is 2.21. The lowest BCUT2D eigenvalue weighted by atomic mass is 9.91. The number of nitrogens with one attached hydrogen (secondary N) is 1. The van der Waals surface area contributed by atoms with Crippen LogP contribution in [-0.2, 0) is 6.42 Å². The molecule has 0 unspecified atom stereocenters. The summed E-state index contributed by atoms with van der Waals surface area (Å²) < 4.78 is 14.4. The van der Waals surface area contributed by atoms with Crippen molar-refractivity contribution in [3.8, 4) is 0 Å². The van der Waals surface area contributed by atoms with Crippen LogP contribution in [0.15, 0.2) is 97.1 Å². The Morgan fingerprint density at radius 3 is 2.21 bits per heavy atom. The highest BCUT2D eigenvalue weighted by Crippen LogP contribution is 2.44. The first-order valence-corrected chi connectivity index (χ1v) is 11.9. The Bertz CT molecular complexity index is 1690. The molecule has 0 saturated carbocycles. The van der Waals surface area contributed by atoms with E-state index in [0.717, 1.165) is 30.5 Å². The number of fused-ring (bicyclic) bond motifs is 1. The molecule has 1 aliphatic heterocycles. The van der Waals surface area contributed by atoms with Gasteiger partial charge in [0.15, 0.2) is 0 Å². The molecule has 0 radical (unpaired) electrons. The molecule has 2 nitrogen and oxygen atoms in total. The molecule has 1 heterocycles. The van der Waals surface area contributed by atoms with E-state index in [-0.39, 0.29) is 5.82 Å². The van der Waals surface area contributed by atoms with Crippen LogP contribution in [0.3, 0.4) is 0 Å². The maximum absolute atomic E-state index is 14.4. The molecule has 6 aromatic carbocycles. The topological polar surface area (TPSA) is 15.3 Å². The highest BCUT2D eigenvalue weighted by molar-refractivity contribution is 6.27. The van der Waals surface area contributed by atoms with Gasteiger partial charge in [-0.1, -0.05) is 66.7 Å². The summed E-state index contributed by atoms with van der Waals surface area (Å²) in [5.41, 5.74) is 5.38. The fourth-order valence-corrected chi connectivity index (χ4v) is 5.62. The Morgan fingerprint density at radius 1 is 0.618 bits per heavy atom. The second-order valence-corrected chi connectivity index (χ2v) is 9.11. The SMILES string of the molecule is Fc1ccccc1Nc1ccc2ccc3c(N4CCCc5ccccc54)ccc4ccc1c2c43. The van der Waals surface area contributed by atoms with E-state index in [0.29, 0.717) is 5.69 Å². The zero-order valence-electron chi connectivity index (χ0n) is 18.7. The molecular weight excluding hydrogens is 419 g/mol. The minimum Gasteiger partial charge on any atom is -0.353 e. The number of hydrogen-bond donors (Lipinski definition) is 1. The molecule has 0 bridgehead atoms. The van der Waals surface area contributed by atoms with Gasteiger partial charge in [0.05, 0.1) is 5.69 Å². The first-order chi connectivity index (χ1) is 16.8. The Morgan fingerprint density at radius 2 is 1.32 bits per heavy atom. The summed E-state index contributed by atoms with van der Waals surface area (Å²) in [7, 11) is 0. The van der Waals surface area contributed by atoms with Crippen molar-refractivity contribution in [3.05, 3.63) is 108 Å². The van der Waals surface area contributed by atoms with Crippen LogP contribution in [0.4, 0.5) is 27.1 Å². The first kappa shape index (κ1) is 19.4. The summed E-state index contributed by atoms with van der Waals surface area (Å²) in [5.74, 6) is -0.251. The number of halogens is 1. The van der Waals surface area contributed by atoms with E-state index in [1.54, 1.807) is 12.1 Å². The van der Waals surface area contributed by atoms with Crippen molar-refractivity contribution in [3.63, 3.8) is 0 Å². The molecule has 0 fully saturated rings. The van der Waals surface area contributed by atoms with Crippen LogP contribution in [0, 0.1) is 5.82 Å². The van der Waals surface area contributed by atoms with E-state index < -0.39 is 0 Å². The van der Waals surface area contributed by atoms with Gasteiger partial charge in [0.1, 0.15) is 5.82 Å². The summed E-state index contributed by atoms with van der Waals surface area (Å²) in [6, 6.07) is 33.1. The van der Waals surface area contributed by atoms with E-state index in [4.69, 9.17) is 0 Å². The van der Waals surface area contributed by atoms with E-state index in [1.807, 2.05) is 6.07 Å². The Labute approximate surface area is 197 Å². The van der Waals surface area contributed by atoms with Crippen molar-refractivity contribution >= 4 is 55.1 Å². The highest BCUT2D eigenvalue weighted by atomic mass is 19.1. The van der Waals surface area contributed by atoms with Crippen molar-refractivity contribution < 1.29 is 4.39 Å². The van der Waals surface area contributed by atoms with E-state index in [9.17, 15) is 4.39 Å². The van der Waals surface area contributed by atoms with Crippen molar-refractivity contribution in [1.29, 1.82) is 0 Å². The number of aryl methyl sites for hydroxylation is 1. The van der Waals surface area contributed by atoms with Crippen LogP contribution in [0.5, 0.6) is 0 Å². The Kier molecular flexibility index (Phi) is 4.25. The molecule has 3 heteroatoms. The number of nitrogens with zero attached hydrogens (tertiary/aromatic N) is 1. The third-order valence-electron chi connectivity index (χ3n) is 7.19. The van der Waals surface area contributed by atoms with Gasteiger partial charge >= 0.3 is 0 Å². The van der Waals surface area contributed by atoms with E-state index in [2.05, 4.69) is 83.0 Å². The number of rotatable bonds is 3. The standard InChI is InChI=1S/C31H23FN2/c32-25-8-2-3-9-27(25)33-26-17-13-21-12-16-24-29(18-14-22-11-15-23(26)30(21)31(22)24)34-19-5-7-20-6-1-4-10-28(20)34/h1-4,6,8-18,33H,5,7,19H2. The molecule has 34 heavy (non-hydrogen) atoms. The second kappa shape index (κ2) is 7.46. The van der Waals surface area contributed by atoms with Crippen molar-refractivity contribution in [2.45, 2.75) is 12.8 Å². The summed E-state index contributed by atoms with van der Waals surface area (Å²) in [4.78, 5) is 2.48. The fraction of sp³-hybridized carbons (Fsp3) is 0.0968. The lowest BCUT2D eigenvalue weighted by Gasteiger charge is -2.32.